The Morgan fingerprint density at radius 1 is 1.27 bits per heavy atom. The molecule has 3 rings (SSSR count). The summed E-state index contributed by atoms with van der Waals surface area (Å²) < 4.78 is 10.9. The third-order valence-electron chi connectivity index (χ3n) is 3.31. The molecule has 0 aliphatic carbocycles. The summed E-state index contributed by atoms with van der Waals surface area (Å²) in [5, 5.41) is 3.99. The van der Waals surface area contributed by atoms with Crippen LogP contribution in [0, 0.1) is 0 Å². The van der Waals surface area contributed by atoms with E-state index in [-0.39, 0.29) is 11.9 Å². The average molecular weight is 295 g/mol. The molecule has 0 saturated heterocycles. The number of nitrogens with one attached hydrogen (secondary N) is 1. The van der Waals surface area contributed by atoms with Gasteiger partial charge in [0.15, 0.2) is 0 Å². The number of carbonyl (C=O) groups excluding carboxylic acids is 1. The van der Waals surface area contributed by atoms with E-state index in [1.54, 1.807) is 24.5 Å². The van der Waals surface area contributed by atoms with Gasteiger partial charge in [0.25, 0.3) is 0 Å². The van der Waals surface area contributed by atoms with Crippen LogP contribution in [-0.4, -0.2) is 11.9 Å². The van der Waals surface area contributed by atoms with Crippen LogP contribution < -0.4 is 5.32 Å². The van der Waals surface area contributed by atoms with Crippen LogP contribution in [-0.2, 0) is 11.2 Å². The number of carbonyl (C=O) groups is 1. The zero-order valence-electron chi connectivity index (χ0n) is 12.3. The molecule has 3 aromatic rings. The van der Waals surface area contributed by atoms with Crippen LogP contribution in [0.25, 0.3) is 17.0 Å². The molecule has 1 N–H and O–H groups in total. The van der Waals surface area contributed by atoms with Crippen molar-refractivity contribution < 1.29 is 13.6 Å². The summed E-state index contributed by atoms with van der Waals surface area (Å²) in [7, 11) is 0. The molecule has 4 heteroatoms. The second-order valence-corrected chi connectivity index (χ2v) is 5.21. The molecule has 0 spiro atoms. The van der Waals surface area contributed by atoms with E-state index < -0.39 is 0 Å². The third kappa shape index (κ3) is 3.47. The number of hydrogen-bond acceptors (Lipinski definition) is 3. The smallest absolute Gasteiger partial charge is 0.244 e. The maximum atomic E-state index is 11.8. The maximum Gasteiger partial charge on any atom is 0.244 e. The van der Waals surface area contributed by atoms with Crippen molar-refractivity contribution >= 4 is 23.0 Å². The van der Waals surface area contributed by atoms with Crippen LogP contribution in [0.4, 0.5) is 0 Å². The molecule has 1 atom stereocenters. The quantitative estimate of drug-likeness (QED) is 0.729. The van der Waals surface area contributed by atoms with Crippen LogP contribution in [0.15, 0.2) is 63.6 Å². The molecule has 0 aliphatic rings. The maximum absolute atomic E-state index is 11.8. The Morgan fingerprint density at radius 2 is 2.14 bits per heavy atom. The standard InChI is InChI=1S/C18H17NO3/c1-13(19-18(20)9-8-15-6-4-10-21-15)11-16-12-14-5-2-3-7-17(14)22-16/h2-10,12-13H,11H2,1H3,(H,19,20). The Labute approximate surface area is 128 Å². The molecule has 0 saturated carbocycles. The molecule has 0 radical (unpaired) electrons. The van der Waals surface area contributed by atoms with Gasteiger partial charge in [0, 0.05) is 23.9 Å². The number of rotatable bonds is 5. The molecular formula is C18H17NO3. The van der Waals surface area contributed by atoms with Gasteiger partial charge in [-0.15, -0.1) is 0 Å². The lowest BCUT2D eigenvalue weighted by molar-refractivity contribution is -0.117. The van der Waals surface area contributed by atoms with Crippen LogP contribution in [0.3, 0.4) is 0 Å². The highest BCUT2D eigenvalue weighted by molar-refractivity contribution is 5.91. The van der Waals surface area contributed by atoms with Crippen molar-refractivity contribution in [3.8, 4) is 0 Å². The van der Waals surface area contributed by atoms with E-state index in [0.29, 0.717) is 12.2 Å². The third-order valence-corrected chi connectivity index (χ3v) is 3.31. The van der Waals surface area contributed by atoms with Crippen molar-refractivity contribution in [3.05, 3.63) is 66.3 Å². The fraction of sp³-hybridized carbons (Fsp3) is 0.167. The van der Waals surface area contributed by atoms with Crippen LogP contribution in [0.2, 0.25) is 0 Å². The zero-order chi connectivity index (χ0) is 15.4. The minimum absolute atomic E-state index is 0.0192. The van der Waals surface area contributed by atoms with Crippen LogP contribution in [0.5, 0.6) is 0 Å². The van der Waals surface area contributed by atoms with Gasteiger partial charge >= 0.3 is 0 Å². The van der Waals surface area contributed by atoms with E-state index >= 15 is 0 Å². The molecule has 22 heavy (non-hydrogen) atoms. The first kappa shape index (κ1) is 14.2. The van der Waals surface area contributed by atoms with E-state index in [0.717, 1.165) is 16.7 Å². The van der Waals surface area contributed by atoms with Gasteiger partial charge in [-0.05, 0) is 37.3 Å². The first-order valence-corrected chi connectivity index (χ1v) is 7.20. The van der Waals surface area contributed by atoms with Gasteiger partial charge in [-0.2, -0.15) is 0 Å². The fourth-order valence-corrected chi connectivity index (χ4v) is 2.33. The fourth-order valence-electron chi connectivity index (χ4n) is 2.33. The molecule has 1 aromatic carbocycles. The van der Waals surface area contributed by atoms with Gasteiger partial charge in [-0.3, -0.25) is 4.79 Å². The summed E-state index contributed by atoms with van der Waals surface area (Å²) >= 11 is 0. The molecule has 112 valence electrons. The average Bonchev–Trinajstić information content (AvgIpc) is 3.13. The summed E-state index contributed by atoms with van der Waals surface area (Å²) in [6.07, 6.45) is 5.33. The van der Waals surface area contributed by atoms with Crippen molar-refractivity contribution in [2.24, 2.45) is 0 Å². The van der Waals surface area contributed by atoms with Crippen LogP contribution in [0.1, 0.15) is 18.4 Å². The van der Waals surface area contributed by atoms with Crippen molar-refractivity contribution in [1.82, 2.24) is 5.32 Å². The zero-order valence-corrected chi connectivity index (χ0v) is 12.3. The molecule has 4 nitrogen and oxygen atoms in total. The lowest BCUT2D eigenvalue weighted by Gasteiger charge is -2.10. The second-order valence-electron chi connectivity index (χ2n) is 5.21. The molecule has 1 unspecified atom stereocenters. The number of amides is 1. The highest BCUT2D eigenvalue weighted by Crippen LogP contribution is 2.19. The predicted molar refractivity (Wildman–Crippen MR) is 85.3 cm³/mol. The van der Waals surface area contributed by atoms with Crippen molar-refractivity contribution in [3.63, 3.8) is 0 Å². The topological polar surface area (TPSA) is 55.4 Å². The normalized spacial score (nSPS) is 12.8. The summed E-state index contributed by atoms with van der Waals surface area (Å²) in [5.41, 5.74) is 0.869. The summed E-state index contributed by atoms with van der Waals surface area (Å²) in [6.45, 7) is 1.95. The summed E-state index contributed by atoms with van der Waals surface area (Å²) in [5.74, 6) is 1.36. The Balaban J connectivity index is 1.57. The SMILES string of the molecule is CC(Cc1cc2ccccc2o1)NC(=O)C=Cc1ccco1. The molecule has 0 aliphatic heterocycles. The first-order valence-electron chi connectivity index (χ1n) is 7.20. The van der Waals surface area contributed by atoms with E-state index in [1.165, 1.54) is 6.08 Å². The number of hydrogen-bond donors (Lipinski definition) is 1. The summed E-state index contributed by atoms with van der Waals surface area (Å²) in [6, 6.07) is 13.4. The molecule has 1 amide bonds. The predicted octanol–water partition coefficient (Wildman–Crippen LogP) is 3.79. The number of fused-ring (bicyclic) bond motifs is 1. The number of furan rings is 2. The number of para-hydroxylation sites is 1. The number of benzene rings is 1. The van der Waals surface area contributed by atoms with Crippen molar-refractivity contribution in [2.45, 2.75) is 19.4 Å². The minimum Gasteiger partial charge on any atom is -0.465 e. The Bertz CT molecular complexity index is 751. The van der Waals surface area contributed by atoms with Crippen LogP contribution >= 0.6 is 0 Å². The van der Waals surface area contributed by atoms with Gasteiger partial charge < -0.3 is 14.2 Å². The van der Waals surface area contributed by atoms with Crippen molar-refractivity contribution in [1.29, 1.82) is 0 Å². The molecule has 0 bridgehead atoms. The first-order chi connectivity index (χ1) is 10.7. The second kappa shape index (κ2) is 6.35. The largest absolute Gasteiger partial charge is 0.465 e. The molecule has 2 aromatic heterocycles. The van der Waals surface area contributed by atoms with Gasteiger partial charge in [-0.1, -0.05) is 18.2 Å². The molecule has 2 heterocycles. The molecule has 0 fully saturated rings. The Morgan fingerprint density at radius 3 is 2.91 bits per heavy atom. The lowest BCUT2D eigenvalue weighted by Crippen LogP contribution is -2.32. The lowest BCUT2D eigenvalue weighted by atomic mass is 10.2. The van der Waals surface area contributed by atoms with E-state index in [2.05, 4.69) is 5.32 Å². The highest BCUT2D eigenvalue weighted by Gasteiger charge is 2.10. The monoisotopic (exact) mass is 295 g/mol. The van der Waals surface area contributed by atoms with Gasteiger partial charge in [0.05, 0.1) is 6.26 Å². The highest BCUT2D eigenvalue weighted by atomic mass is 16.3. The molecular weight excluding hydrogens is 278 g/mol. The van der Waals surface area contributed by atoms with Gasteiger partial charge in [-0.25, -0.2) is 0 Å². The minimum atomic E-state index is -0.153. The van der Waals surface area contributed by atoms with E-state index in [1.807, 2.05) is 37.3 Å². The van der Waals surface area contributed by atoms with Gasteiger partial charge in [0.1, 0.15) is 17.1 Å². The van der Waals surface area contributed by atoms with E-state index in [9.17, 15) is 4.79 Å². The summed E-state index contributed by atoms with van der Waals surface area (Å²) in [4.78, 5) is 11.8. The van der Waals surface area contributed by atoms with Crippen molar-refractivity contribution in [2.75, 3.05) is 0 Å². The van der Waals surface area contributed by atoms with E-state index in [4.69, 9.17) is 8.83 Å². The Hall–Kier alpha value is -2.75. The van der Waals surface area contributed by atoms with Gasteiger partial charge in [0.2, 0.25) is 5.91 Å². The Kier molecular flexibility index (Phi) is 4.10.